The maximum atomic E-state index is 11.5. The second kappa shape index (κ2) is 8.25. The van der Waals surface area contributed by atoms with E-state index in [0.29, 0.717) is 16.7 Å². The summed E-state index contributed by atoms with van der Waals surface area (Å²) in [5.74, 6) is 0.943. The summed E-state index contributed by atoms with van der Waals surface area (Å²) in [5, 5.41) is 3.73. The molecule has 1 aliphatic heterocycles. The van der Waals surface area contributed by atoms with Crippen molar-refractivity contribution in [2.75, 3.05) is 20.1 Å². The van der Waals surface area contributed by atoms with Crippen LogP contribution in [0, 0.1) is 12.8 Å². The summed E-state index contributed by atoms with van der Waals surface area (Å²) in [4.78, 5) is 18.4. The topological polar surface area (TPSA) is 54.5 Å². The van der Waals surface area contributed by atoms with Gasteiger partial charge in [-0.1, -0.05) is 29.3 Å². The second-order valence-corrected chi connectivity index (χ2v) is 7.24. The van der Waals surface area contributed by atoms with Crippen LogP contribution in [-0.4, -0.2) is 35.9 Å². The summed E-state index contributed by atoms with van der Waals surface area (Å²) in [6.45, 7) is 4.61. The number of rotatable bonds is 6. The third kappa shape index (κ3) is 4.47. The van der Waals surface area contributed by atoms with Crippen LogP contribution in [0.4, 0.5) is 0 Å². The van der Waals surface area contributed by atoms with Crippen LogP contribution in [0.15, 0.2) is 30.3 Å². The Hall–Kier alpha value is -1.82. The standard InChI is InChI=1S/C19H21Cl2N3O2/c1-12-18(26-11-13-3-5-16(20)17(21)7-13)6-4-15(23-12)10-24-8-14(9-24)19(25)22-2/h3-7,14H,8-11H2,1-2H3,(H,22,25). The van der Waals surface area contributed by atoms with E-state index in [1.807, 2.05) is 25.1 Å². The van der Waals surface area contributed by atoms with Gasteiger partial charge in [0.25, 0.3) is 0 Å². The van der Waals surface area contributed by atoms with Crippen molar-refractivity contribution < 1.29 is 9.53 Å². The lowest BCUT2D eigenvalue weighted by molar-refractivity contribution is -0.129. The molecule has 0 saturated carbocycles. The highest BCUT2D eigenvalue weighted by molar-refractivity contribution is 6.42. The maximum absolute atomic E-state index is 11.5. The van der Waals surface area contributed by atoms with Gasteiger partial charge >= 0.3 is 0 Å². The molecule has 1 N–H and O–H groups in total. The average molecular weight is 394 g/mol. The molecule has 0 spiro atoms. The number of ether oxygens (including phenoxy) is 1. The van der Waals surface area contributed by atoms with Gasteiger partial charge in [0.05, 0.1) is 27.4 Å². The zero-order valence-corrected chi connectivity index (χ0v) is 16.3. The number of aromatic nitrogens is 1. The molecule has 2 heterocycles. The van der Waals surface area contributed by atoms with E-state index in [0.717, 1.165) is 42.3 Å². The fourth-order valence-electron chi connectivity index (χ4n) is 2.93. The average Bonchev–Trinajstić information content (AvgIpc) is 2.59. The van der Waals surface area contributed by atoms with E-state index in [4.69, 9.17) is 27.9 Å². The van der Waals surface area contributed by atoms with Crippen molar-refractivity contribution in [1.82, 2.24) is 15.2 Å². The second-order valence-electron chi connectivity index (χ2n) is 6.43. The largest absolute Gasteiger partial charge is 0.487 e. The highest BCUT2D eigenvalue weighted by Gasteiger charge is 2.31. The highest BCUT2D eigenvalue weighted by Crippen LogP contribution is 2.25. The third-order valence-electron chi connectivity index (χ3n) is 4.43. The molecular weight excluding hydrogens is 373 g/mol. The van der Waals surface area contributed by atoms with Crippen LogP contribution in [0.3, 0.4) is 0 Å². The summed E-state index contributed by atoms with van der Waals surface area (Å²) < 4.78 is 5.85. The number of nitrogens with one attached hydrogen (secondary N) is 1. The molecule has 0 unspecified atom stereocenters. The Labute approximate surface area is 163 Å². The predicted molar refractivity (Wildman–Crippen MR) is 103 cm³/mol. The Morgan fingerprint density at radius 2 is 2.04 bits per heavy atom. The first kappa shape index (κ1) is 19.0. The fraction of sp³-hybridized carbons (Fsp3) is 0.368. The number of carbonyl (C=O) groups excluding carboxylic acids is 1. The molecule has 3 rings (SSSR count). The summed E-state index contributed by atoms with van der Waals surface area (Å²) in [7, 11) is 1.67. The minimum atomic E-state index is 0.0925. The highest BCUT2D eigenvalue weighted by atomic mass is 35.5. The SMILES string of the molecule is CNC(=O)C1CN(Cc2ccc(OCc3ccc(Cl)c(Cl)c3)c(C)n2)C1. The Morgan fingerprint density at radius 3 is 2.69 bits per heavy atom. The van der Waals surface area contributed by atoms with Crippen molar-refractivity contribution in [3.63, 3.8) is 0 Å². The molecular formula is C19H21Cl2N3O2. The first-order valence-electron chi connectivity index (χ1n) is 8.43. The number of carbonyl (C=O) groups is 1. The number of benzene rings is 1. The lowest BCUT2D eigenvalue weighted by Crippen LogP contribution is -2.52. The molecule has 7 heteroatoms. The molecule has 2 aromatic rings. The first-order valence-corrected chi connectivity index (χ1v) is 9.19. The lowest BCUT2D eigenvalue weighted by Gasteiger charge is -2.37. The van der Waals surface area contributed by atoms with Crippen molar-refractivity contribution in [2.24, 2.45) is 5.92 Å². The molecule has 0 radical (unpaired) electrons. The third-order valence-corrected chi connectivity index (χ3v) is 5.17. The number of amides is 1. The van der Waals surface area contributed by atoms with E-state index < -0.39 is 0 Å². The van der Waals surface area contributed by atoms with Crippen molar-refractivity contribution >= 4 is 29.1 Å². The van der Waals surface area contributed by atoms with Crippen LogP contribution in [0.2, 0.25) is 10.0 Å². The summed E-state index contributed by atoms with van der Waals surface area (Å²) in [6.07, 6.45) is 0. The van der Waals surface area contributed by atoms with E-state index in [9.17, 15) is 4.79 Å². The van der Waals surface area contributed by atoms with E-state index in [2.05, 4.69) is 15.2 Å². The molecule has 0 atom stereocenters. The van der Waals surface area contributed by atoms with Gasteiger partial charge in [-0.2, -0.15) is 0 Å². The minimum absolute atomic E-state index is 0.0925. The van der Waals surface area contributed by atoms with Crippen molar-refractivity contribution in [3.8, 4) is 5.75 Å². The van der Waals surface area contributed by atoms with Gasteiger partial charge in [-0.25, -0.2) is 0 Å². The minimum Gasteiger partial charge on any atom is -0.487 e. The summed E-state index contributed by atoms with van der Waals surface area (Å²) in [5.41, 5.74) is 2.76. The van der Waals surface area contributed by atoms with Crippen molar-refractivity contribution in [1.29, 1.82) is 0 Å². The molecule has 1 fully saturated rings. The molecule has 1 saturated heterocycles. The Kier molecular flexibility index (Phi) is 6.01. The number of nitrogens with zero attached hydrogens (tertiary/aromatic N) is 2. The van der Waals surface area contributed by atoms with Crippen LogP contribution < -0.4 is 10.1 Å². The normalized spacial score (nSPS) is 14.8. The molecule has 0 bridgehead atoms. The summed E-state index contributed by atoms with van der Waals surface area (Å²) >= 11 is 11.9. The smallest absolute Gasteiger partial charge is 0.225 e. The quantitative estimate of drug-likeness (QED) is 0.816. The number of halogens is 2. The molecule has 1 aromatic carbocycles. The van der Waals surface area contributed by atoms with Gasteiger partial charge in [-0.3, -0.25) is 14.7 Å². The number of hydrogen-bond donors (Lipinski definition) is 1. The van der Waals surface area contributed by atoms with E-state index >= 15 is 0 Å². The van der Waals surface area contributed by atoms with Gasteiger partial charge < -0.3 is 10.1 Å². The molecule has 138 valence electrons. The fourth-order valence-corrected chi connectivity index (χ4v) is 3.25. The van der Waals surface area contributed by atoms with Gasteiger partial charge in [-0.15, -0.1) is 0 Å². The lowest BCUT2D eigenvalue weighted by atomic mass is 9.99. The van der Waals surface area contributed by atoms with E-state index in [1.54, 1.807) is 19.2 Å². The van der Waals surface area contributed by atoms with Gasteiger partial charge in [0, 0.05) is 26.7 Å². The number of hydrogen-bond acceptors (Lipinski definition) is 4. The zero-order valence-electron chi connectivity index (χ0n) is 14.8. The molecule has 1 amide bonds. The maximum Gasteiger partial charge on any atom is 0.225 e. The van der Waals surface area contributed by atoms with Gasteiger partial charge in [-0.05, 0) is 36.8 Å². The number of pyridine rings is 1. The number of likely N-dealkylation sites (tertiary alicyclic amines) is 1. The molecule has 1 aromatic heterocycles. The molecule has 0 aliphatic carbocycles. The van der Waals surface area contributed by atoms with Crippen LogP contribution >= 0.6 is 23.2 Å². The van der Waals surface area contributed by atoms with E-state index in [-0.39, 0.29) is 11.8 Å². The van der Waals surface area contributed by atoms with Gasteiger partial charge in [0.2, 0.25) is 5.91 Å². The first-order chi connectivity index (χ1) is 12.5. The van der Waals surface area contributed by atoms with Gasteiger partial charge in [0.15, 0.2) is 0 Å². The van der Waals surface area contributed by atoms with Crippen LogP contribution in [0.25, 0.3) is 0 Å². The van der Waals surface area contributed by atoms with Crippen LogP contribution in [0.5, 0.6) is 5.75 Å². The van der Waals surface area contributed by atoms with Crippen molar-refractivity contribution in [2.45, 2.75) is 20.1 Å². The van der Waals surface area contributed by atoms with Crippen LogP contribution in [0.1, 0.15) is 17.0 Å². The summed E-state index contributed by atoms with van der Waals surface area (Å²) in [6, 6.07) is 9.34. The van der Waals surface area contributed by atoms with Crippen molar-refractivity contribution in [3.05, 3.63) is 57.3 Å². The monoisotopic (exact) mass is 393 g/mol. The molecule has 1 aliphatic rings. The molecule has 26 heavy (non-hydrogen) atoms. The Morgan fingerprint density at radius 1 is 1.27 bits per heavy atom. The van der Waals surface area contributed by atoms with Gasteiger partial charge in [0.1, 0.15) is 12.4 Å². The number of aryl methyl sites for hydroxylation is 1. The van der Waals surface area contributed by atoms with Crippen LogP contribution in [-0.2, 0) is 17.9 Å². The molecule has 5 nitrogen and oxygen atoms in total. The Balaban J connectivity index is 1.54. The zero-order chi connectivity index (χ0) is 18.7. The Bertz CT molecular complexity index is 807. The predicted octanol–water partition coefficient (Wildman–Crippen LogP) is 3.45. The van der Waals surface area contributed by atoms with E-state index in [1.165, 1.54) is 0 Å².